The van der Waals surface area contributed by atoms with E-state index in [1.807, 2.05) is 12.1 Å². The highest BCUT2D eigenvalue weighted by Crippen LogP contribution is 2.37. The van der Waals surface area contributed by atoms with Gasteiger partial charge < -0.3 is 0 Å². The first-order valence-corrected chi connectivity index (χ1v) is 4.44. The normalized spacial score (nSPS) is 21.8. The summed E-state index contributed by atoms with van der Waals surface area (Å²) >= 11 is 6.06. The number of benzene rings is 1. The number of fused-ring (bicyclic) bond motifs is 1. The van der Waals surface area contributed by atoms with Crippen molar-refractivity contribution in [3.8, 4) is 0 Å². The standard InChI is InChI=1S/C10H11Cl/c1-7-5-6-8-3-2-4-9(11)10(7)8/h2-4,7H,5-6H2,1H3/t7-/m1/s1. The topological polar surface area (TPSA) is 0 Å². The van der Waals surface area contributed by atoms with Gasteiger partial charge in [0.15, 0.2) is 0 Å². The Balaban J connectivity index is 2.58. The second kappa shape index (κ2) is 2.53. The quantitative estimate of drug-likeness (QED) is 0.554. The lowest BCUT2D eigenvalue weighted by molar-refractivity contribution is 0.747. The van der Waals surface area contributed by atoms with Crippen molar-refractivity contribution in [1.82, 2.24) is 0 Å². The van der Waals surface area contributed by atoms with Gasteiger partial charge in [0, 0.05) is 5.02 Å². The van der Waals surface area contributed by atoms with Crippen LogP contribution in [0.1, 0.15) is 30.4 Å². The van der Waals surface area contributed by atoms with Crippen LogP contribution in [0.2, 0.25) is 5.02 Å². The molecule has 0 spiro atoms. The molecule has 58 valence electrons. The number of halogens is 1. The van der Waals surface area contributed by atoms with Crippen molar-refractivity contribution in [3.05, 3.63) is 34.3 Å². The van der Waals surface area contributed by atoms with Crippen molar-refractivity contribution in [3.63, 3.8) is 0 Å². The molecular formula is C10H11Cl. The summed E-state index contributed by atoms with van der Waals surface area (Å²) in [7, 11) is 0. The Morgan fingerprint density at radius 3 is 3.00 bits per heavy atom. The molecule has 0 unspecified atom stereocenters. The molecule has 1 aliphatic carbocycles. The summed E-state index contributed by atoms with van der Waals surface area (Å²) in [6.07, 6.45) is 2.47. The van der Waals surface area contributed by atoms with Gasteiger partial charge in [-0.05, 0) is 36.0 Å². The van der Waals surface area contributed by atoms with Crippen molar-refractivity contribution in [2.45, 2.75) is 25.7 Å². The Morgan fingerprint density at radius 2 is 2.27 bits per heavy atom. The van der Waals surface area contributed by atoms with E-state index in [4.69, 9.17) is 11.6 Å². The third-order valence-corrected chi connectivity index (χ3v) is 2.81. The van der Waals surface area contributed by atoms with Gasteiger partial charge >= 0.3 is 0 Å². The lowest BCUT2D eigenvalue weighted by Crippen LogP contribution is -1.86. The molecule has 0 N–H and O–H groups in total. The highest BCUT2D eigenvalue weighted by Gasteiger charge is 2.20. The van der Waals surface area contributed by atoms with Crippen LogP contribution in [0, 0.1) is 0 Å². The molecule has 0 nitrogen and oxygen atoms in total. The van der Waals surface area contributed by atoms with E-state index < -0.39 is 0 Å². The zero-order valence-electron chi connectivity index (χ0n) is 6.60. The number of hydrogen-bond donors (Lipinski definition) is 0. The maximum absolute atomic E-state index is 6.06. The Kier molecular flexibility index (Phi) is 1.65. The van der Waals surface area contributed by atoms with Gasteiger partial charge in [0.2, 0.25) is 0 Å². The van der Waals surface area contributed by atoms with Gasteiger partial charge in [0.1, 0.15) is 0 Å². The summed E-state index contributed by atoms with van der Waals surface area (Å²) in [6, 6.07) is 6.21. The molecule has 1 aliphatic rings. The molecule has 0 saturated heterocycles. The maximum Gasteiger partial charge on any atom is 0.0443 e. The molecule has 1 atom stereocenters. The van der Waals surface area contributed by atoms with Crippen LogP contribution in [-0.2, 0) is 6.42 Å². The monoisotopic (exact) mass is 166 g/mol. The Morgan fingerprint density at radius 1 is 1.45 bits per heavy atom. The Hall–Kier alpha value is -0.490. The molecule has 1 aromatic rings. The first kappa shape index (κ1) is 7.17. The van der Waals surface area contributed by atoms with Gasteiger partial charge in [0.25, 0.3) is 0 Å². The lowest BCUT2D eigenvalue weighted by Gasteiger charge is -2.05. The van der Waals surface area contributed by atoms with Crippen molar-refractivity contribution in [1.29, 1.82) is 0 Å². The molecule has 0 fully saturated rings. The lowest BCUT2D eigenvalue weighted by atomic mass is 10.0. The summed E-state index contributed by atoms with van der Waals surface area (Å²) in [4.78, 5) is 0. The Labute approximate surface area is 72.2 Å². The molecule has 11 heavy (non-hydrogen) atoms. The zero-order chi connectivity index (χ0) is 7.84. The van der Waals surface area contributed by atoms with Crippen LogP contribution in [0.3, 0.4) is 0 Å². The molecule has 0 radical (unpaired) electrons. The van der Waals surface area contributed by atoms with Gasteiger partial charge in [-0.15, -0.1) is 0 Å². The minimum absolute atomic E-state index is 0.665. The van der Waals surface area contributed by atoms with E-state index in [-0.39, 0.29) is 0 Å². The summed E-state index contributed by atoms with van der Waals surface area (Å²) in [6.45, 7) is 2.25. The van der Waals surface area contributed by atoms with Gasteiger partial charge in [0.05, 0.1) is 0 Å². The fourth-order valence-corrected chi connectivity index (χ4v) is 2.25. The highest BCUT2D eigenvalue weighted by molar-refractivity contribution is 6.31. The third-order valence-electron chi connectivity index (χ3n) is 2.48. The fourth-order valence-electron chi connectivity index (χ4n) is 1.87. The molecule has 1 aromatic carbocycles. The van der Waals surface area contributed by atoms with Gasteiger partial charge in [-0.1, -0.05) is 30.7 Å². The first-order chi connectivity index (χ1) is 5.29. The van der Waals surface area contributed by atoms with E-state index >= 15 is 0 Å². The average molecular weight is 167 g/mol. The minimum Gasteiger partial charge on any atom is -0.0840 e. The second-order valence-electron chi connectivity index (χ2n) is 3.25. The van der Waals surface area contributed by atoms with E-state index in [1.165, 1.54) is 24.0 Å². The predicted molar refractivity (Wildman–Crippen MR) is 48.2 cm³/mol. The SMILES string of the molecule is C[C@@H]1CCc2cccc(Cl)c21. The molecule has 0 aromatic heterocycles. The van der Waals surface area contributed by atoms with E-state index in [9.17, 15) is 0 Å². The van der Waals surface area contributed by atoms with E-state index in [0.29, 0.717) is 5.92 Å². The average Bonchev–Trinajstić information content (AvgIpc) is 2.34. The molecule has 0 aliphatic heterocycles. The van der Waals surface area contributed by atoms with Crippen LogP contribution in [0.5, 0.6) is 0 Å². The van der Waals surface area contributed by atoms with Gasteiger partial charge in [-0.2, -0.15) is 0 Å². The smallest absolute Gasteiger partial charge is 0.0443 e. The van der Waals surface area contributed by atoms with Crippen LogP contribution < -0.4 is 0 Å². The summed E-state index contributed by atoms with van der Waals surface area (Å²) in [5.74, 6) is 0.665. The zero-order valence-corrected chi connectivity index (χ0v) is 7.36. The summed E-state index contributed by atoms with van der Waals surface area (Å²) in [5.41, 5.74) is 2.83. The van der Waals surface area contributed by atoms with Crippen molar-refractivity contribution in [2.75, 3.05) is 0 Å². The number of hydrogen-bond acceptors (Lipinski definition) is 0. The third kappa shape index (κ3) is 1.06. The fraction of sp³-hybridized carbons (Fsp3) is 0.400. The highest BCUT2D eigenvalue weighted by atomic mass is 35.5. The maximum atomic E-state index is 6.06. The molecule has 0 bridgehead atoms. The van der Waals surface area contributed by atoms with Crippen molar-refractivity contribution < 1.29 is 0 Å². The molecule has 0 amide bonds. The van der Waals surface area contributed by atoms with Gasteiger partial charge in [-0.3, -0.25) is 0 Å². The van der Waals surface area contributed by atoms with E-state index in [1.54, 1.807) is 0 Å². The van der Waals surface area contributed by atoms with Crippen molar-refractivity contribution >= 4 is 11.6 Å². The van der Waals surface area contributed by atoms with Crippen molar-refractivity contribution in [2.24, 2.45) is 0 Å². The summed E-state index contributed by atoms with van der Waals surface area (Å²) < 4.78 is 0. The first-order valence-electron chi connectivity index (χ1n) is 4.06. The second-order valence-corrected chi connectivity index (χ2v) is 3.66. The van der Waals surface area contributed by atoms with E-state index in [2.05, 4.69) is 13.0 Å². The van der Waals surface area contributed by atoms with Crippen LogP contribution in [0.25, 0.3) is 0 Å². The molecule has 2 rings (SSSR count). The van der Waals surface area contributed by atoms with Crippen LogP contribution in [-0.4, -0.2) is 0 Å². The molecule has 0 heterocycles. The predicted octanol–water partition coefficient (Wildman–Crippen LogP) is 3.39. The molecule has 0 saturated carbocycles. The van der Waals surface area contributed by atoms with Crippen LogP contribution in [0.15, 0.2) is 18.2 Å². The minimum atomic E-state index is 0.665. The summed E-state index contributed by atoms with van der Waals surface area (Å²) in [5, 5.41) is 0.951. The van der Waals surface area contributed by atoms with Gasteiger partial charge in [-0.25, -0.2) is 0 Å². The number of aryl methyl sites for hydroxylation is 1. The van der Waals surface area contributed by atoms with Crippen LogP contribution in [0.4, 0.5) is 0 Å². The largest absolute Gasteiger partial charge is 0.0840 e. The number of rotatable bonds is 0. The van der Waals surface area contributed by atoms with E-state index in [0.717, 1.165) is 5.02 Å². The Bertz CT molecular complexity index is 278. The molecular weight excluding hydrogens is 156 g/mol. The van der Waals surface area contributed by atoms with Crippen LogP contribution >= 0.6 is 11.6 Å². The molecule has 1 heteroatoms.